The minimum atomic E-state index is -4.80. The Morgan fingerprint density at radius 3 is 2.14 bits per heavy atom. The van der Waals surface area contributed by atoms with Crippen molar-refractivity contribution in [3.05, 3.63) is 0 Å². The number of aliphatic hydroxyl groups excluding tert-OH is 4. The molecule has 0 radical (unpaired) electrons. The summed E-state index contributed by atoms with van der Waals surface area (Å²) in [5.74, 6) is -12.3. The highest BCUT2D eigenvalue weighted by molar-refractivity contribution is 5.92. The second-order valence-electron chi connectivity index (χ2n) is 8.97. The number of hydrogen-bond acceptors (Lipinski definition) is 11. The molecule has 0 aromatic rings. The van der Waals surface area contributed by atoms with Gasteiger partial charge in [0.15, 0.2) is 5.78 Å². The van der Waals surface area contributed by atoms with E-state index in [0.29, 0.717) is 0 Å². The Morgan fingerprint density at radius 2 is 1.59 bits per heavy atom. The third-order valence-electron chi connectivity index (χ3n) is 5.99. The average Bonchev–Trinajstić information content (AvgIpc) is 2.83. The summed E-state index contributed by atoms with van der Waals surface area (Å²) in [6.45, 7) is 2.72. The number of carbonyl (C=O) groups excluding carboxylic acids is 4. The first-order valence-electron chi connectivity index (χ1n) is 11.6. The van der Waals surface area contributed by atoms with Gasteiger partial charge in [0.2, 0.25) is 11.8 Å². The fourth-order valence-electron chi connectivity index (χ4n) is 3.34. The summed E-state index contributed by atoms with van der Waals surface area (Å²) in [4.78, 5) is 47.4. The summed E-state index contributed by atoms with van der Waals surface area (Å²) in [5.41, 5.74) is 5.76. The SMILES string of the molecule is CC(=O)[C@H](C)NC(=O)[C@H](C)NC(=O)[C@@H](N)CCCCNC(=O)C(F)(F)C1(O)O[C@H](CO)[C@H](O)[C@H](O)[C@H]1O. The number of aliphatic hydroxyl groups is 5. The molecule has 14 nitrogen and oxygen atoms in total. The molecule has 1 rings (SSSR count). The molecule has 0 saturated carbocycles. The van der Waals surface area contributed by atoms with E-state index in [4.69, 9.17) is 10.8 Å². The average molecular weight is 543 g/mol. The largest absolute Gasteiger partial charge is 0.394 e. The minimum absolute atomic E-state index is 0.0598. The molecule has 0 aromatic heterocycles. The second kappa shape index (κ2) is 13.5. The number of ketones is 1. The van der Waals surface area contributed by atoms with Crippen LogP contribution in [0.1, 0.15) is 40.0 Å². The van der Waals surface area contributed by atoms with Crippen LogP contribution in [0, 0.1) is 0 Å². The van der Waals surface area contributed by atoms with Gasteiger partial charge in [0.25, 0.3) is 11.7 Å². The van der Waals surface area contributed by atoms with Gasteiger partial charge >= 0.3 is 5.92 Å². The summed E-state index contributed by atoms with van der Waals surface area (Å²) in [7, 11) is 0. The number of amides is 3. The molecule has 214 valence electrons. The van der Waals surface area contributed by atoms with Gasteiger partial charge in [-0.3, -0.25) is 19.2 Å². The first-order chi connectivity index (χ1) is 17.0. The summed E-state index contributed by atoms with van der Waals surface area (Å²) >= 11 is 0. The Bertz CT molecular complexity index is 833. The van der Waals surface area contributed by atoms with E-state index in [2.05, 4.69) is 15.4 Å². The Balaban J connectivity index is 2.52. The van der Waals surface area contributed by atoms with E-state index in [1.807, 2.05) is 5.32 Å². The molecule has 1 unspecified atom stereocenters. The smallest absolute Gasteiger partial charge is 0.379 e. The van der Waals surface area contributed by atoms with Gasteiger partial charge in [-0.15, -0.1) is 0 Å². The number of ether oxygens (including phenoxy) is 1. The molecule has 1 aliphatic rings. The van der Waals surface area contributed by atoms with Crippen molar-refractivity contribution in [1.82, 2.24) is 16.0 Å². The molecule has 1 heterocycles. The van der Waals surface area contributed by atoms with E-state index < -0.39 is 78.6 Å². The molecule has 0 aromatic carbocycles. The van der Waals surface area contributed by atoms with Crippen molar-refractivity contribution in [3.63, 3.8) is 0 Å². The van der Waals surface area contributed by atoms with Gasteiger partial charge in [-0.05, 0) is 40.0 Å². The molecule has 16 heteroatoms. The first-order valence-corrected chi connectivity index (χ1v) is 11.6. The molecule has 37 heavy (non-hydrogen) atoms. The van der Waals surface area contributed by atoms with Crippen molar-refractivity contribution in [1.29, 1.82) is 0 Å². The van der Waals surface area contributed by atoms with Crippen LogP contribution in [-0.2, 0) is 23.9 Å². The lowest BCUT2D eigenvalue weighted by Gasteiger charge is -2.47. The maximum absolute atomic E-state index is 14.7. The fourth-order valence-corrected chi connectivity index (χ4v) is 3.34. The lowest BCUT2D eigenvalue weighted by atomic mass is 9.88. The van der Waals surface area contributed by atoms with Crippen LogP contribution in [-0.4, -0.2) is 116 Å². The molecule has 8 atom stereocenters. The number of alkyl halides is 2. The normalized spacial score (nSPS) is 28.5. The standard InChI is InChI=1S/C21H36F2N4O10/c1-9(11(3)29)26-17(33)10(2)27-18(34)12(24)6-4-5-7-25-19(35)20(22,23)21(36)16(32)15(31)14(30)13(8-28)37-21/h9-10,12-16,28,30-32,36H,4-8,24H2,1-3H3,(H,25,35)(H,26,33)(H,27,34)/t9-,10-,12-,13+,14-,15-,16+,21?/m0/s1. The summed E-state index contributed by atoms with van der Waals surface area (Å²) < 4.78 is 33.8. The number of halogens is 2. The van der Waals surface area contributed by atoms with Gasteiger partial charge in [0.1, 0.15) is 30.5 Å². The maximum Gasteiger partial charge on any atom is 0.379 e. The monoisotopic (exact) mass is 542 g/mol. The van der Waals surface area contributed by atoms with Gasteiger partial charge < -0.3 is 52.0 Å². The zero-order valence-electron chi connectivity index (χ0n) is 20.7. The van der Waals surface area contributed by atoms with Gasteiger partial charge in [0, 0.05) is 6.54 Å². The third kappa shape index (κ3) is 7.83. The highest BCUT2D eigenvalue weighted by atomic mass is 19.3. The number of nitrogens with two attached hydrogens (primary N) is 1. The van der Waals surface area contributed by atoms with E-state index in [1.165, 1.54) is 20.8 Å². The van der Waals surface area contributed by atoms with Crippen molar-refractivity contribution < 1.29 is 58.2 Å². The summed E-state index contributed by atoms with van der Waals surface area (Å²) in [6.07, 6.45) is -8.71. The van der Waals surface area contributed by atoms with Crippen molar-refractivity contribution in [2.24, 2.45) is 5.73 Å². The van der Waals surface area contributed by atoms with E-state index in [-0.39, 0.29) is 31.6 Å². The number of unbranched alkanes of at least 4 members (excludes halogenated alkanes) is 1. The van der Waals surface area contributed by atoms with Crippen LogP contribution in [0.2, 0.25) is 0 Å². The van der Waals surface area contributed by atoms with E-state index in [1.54, 1.807) is 0 Å². The molecule has 1 saturated heterocycles. The summed E-state index contributed by atoms with van der Waals surface area (Å²) in [6, 6.07) is -2.77. The number of Topliss-reactive ketones (excluding diaryl/α,β-unsaturated/α-hetero) is 1. The maximum atomic E-state index is 14.7. The minimum Gasteiger partial charge on any atom is -0.394 e. The molecule has 10 N–H and O–H groups in total. The highest BCUT2D eigenvalue weighted by Gasteiger charge is 2.69. The molecule has 1 fully saturated rings. The van der Waals surface area contributed by atoms with Gasteiger partial charge in [-0.2, -0.15) is 8.78 Å². The molecule has 0 bridgehead atoms. The Hall–Kier alpha value is -2.34. The fraction of sp³-hybridized carbons (Fsp3) is 0.810. The van der Waals surface area contributed by atoms with Crippen molar-refractivity contribution >= 4 is 23.5 Å². The van der Waals surface area contributed by atoms with Crippen molar-refractivity contribution in [2.75, 3.05) is 13.2 Å². The van der Waals surface area contributed by atoms with Gasteiger partial charge in [0.05, 0.1) is 18.7 Å². The van der Waals surface area contributed by atoms with Crippen LogP contribution < -0.4 is 21.7 Å². The first kappa shape index (κ1) is 32.7. The molecule has 0 aliphatic carbocycles. The lowest BCUT2D eigenvalue weighted by Crippen LogP contribution is -2.73. The van der Waals surface area contributed by atoms with E-state index in [9.17, 15) is 48.4 Å². The Morgan fingerprint density at radius 1 is 1.03 bits per heavy atom. The highest BCUT2D eigenvalue weighted by Crippen LogP contribution is 2.39. The van der Waals surface area contributed by atoms with Gasteiger partial charge in [-0.25, -0.2) is 0 Å². The molecule has 3 amide bonds. The number of hydrogen-bond donors (Lipinski definition) is 9. The number of nitrogens with one attached hydrogen (secondary N) is 3. The van der Waals surface area contributed by atoms with Crippen LogP contribution in [0.15, 0.2) is 0 Å². The van der Waals surface area contributed by atoms with E-state index in [0.717, 1.165) is 0 Å². The Kier molecular flexibility index (Phi) is 11.9. The van der Waals surface area contributed by atoms with Crippen LogP contribution in [0.25, 0.3) is 0 Å². The zero-order valence-corrected chi connectivity index (χ0v) is 20.7. The van der Waals surface area contributed by atoms with Crippen molar-refractivity contribution in [2.45, 2.75) is 94.3 Å². The van der Waals surface area contributed by atoms with Crippen molar-refractivity contribution in [3.8, 4) is 0 Å². The van der Waals surface area contributed by atoms with Crippen LogP contribution in [0.4, 0.5) is 8.78 Å². The van der Waals surface area contributed by atoms with Crippen LogP contribution in [0.3, 0.4) is 0 Å². The van der Waals surface area contributed by atoms with Crippen LogP contribution >= 0.6 is 0 Å². The predicted molar refractivity (Wildman–Crippen MR) is 121 cm³/mol. The number of carbonyl (C=O) groups is 4. The molecule has 1 aliphatic heterocycles. The predicted octanol–water partition coefficient (Wildman–Crippen LogP) is -4.00. The third-order valence-corrected chi connectivity index (χ3v) is 5.99. The molecular weight excluding hydrogens is 506 g/mol. The number of rotatable bonds is 13. The summed E-state index contributed by atoms with van der Waals surface area (Å²) in [5, 5.41) is 55.1. The second-order valence-corrected chi connectivity index (χ2v) is 8.97. The topological polar surface area (TPSA) is 241 Å². The lowest BCUT2D eigenvalue weighted by molar-refractivity contribution is -0.401. The van der Waals surface area contributed by atoms with Crippen LogP contribution in [0.5, 0.6) is 0 Å². The molecule has 0 spiro atoms. The van der Waals surface area contributed by atoms with E-state index >= 15 is 0 Å². The van der Waals surface area contributed by atoms with Gasteiger partial charge in [-0.1, -0.05) is 0 Å². The Labute approximate surface area is 211 Å². The zero-order chi connectivity index (χ0) is 28.7. The molecular formula is C21H36F2N4O10. The quantitative estimate of drug-likeness (QED) is 0.102.